The predicted molar refractivity (Wildman–Crippen MR) is 80.8 cm³/mol. The van der Waals surface area contributed by atoms with Crippen LogP contribution < -0.4 is 5.32 Å². The molecule has 0 aliphatic rings. The van der Waals surface area contributed by atoms with Gasteiger partial charge in [0.15, 0.2) is 0 Å². The van der Waals surface area contributed by atoms with Gasteiger partial charge in [0.05, 0.1) is 12.1 Å². The lowest BCUT2D eigenvalue weighted by Gasteiger charge is -2.23. The second-order valence-corrected chi connectivity index (χ2v) is 5.37. The van der Waals surface area contributed by atoms with Gasteiger partial charge in [-0.15, -0.1) is 0 Å². The topological polar surface area (TPSA) is 50.1 Å². The fourth-order valence-corrected chi connectivity index (χ4v) is 2.34. The fraction of sp³-hybridized carbons (Fsp3) is 0.400. The number of rotatable bonds is 6. The summed E-state index contributed by atoms with van der Waals surface area (Å²) in [5, 5.41) is 18.3. The van der Waals surface area contributed by atoms with Crippen molar-refractivity contribution in [1.82, 2.24) is 15.1 Å². The summed E-state index contributed by atoms with van der Waals surface area (Å²) in [5.41, 5.74) is 0.751. The zero-order chi connectivity index (χ0) is 14.5. The van der Waals surface area contributed by atoms with Gasteiger partial charge in [0.25, 0.3) is 0 Å². The highest BCUT2D eigenvalue weighted by Gasteiger charge is 2.16. The van der Waals surface area contributed by atoms with Gasteiger partial charge in [-0.3, -0.25) is 4.68 Å². The van der Waals surface area contributed by atoms with Crippen LogP contribution in [-0.2, 0) is 0 Å². The summed E-state index contributed by atoms with van der Waals surface area (Å²) in [7, 11) is 0. The number of hydrogen-bond donors (Lipinski definition) is 2. The fourth-order valence-electron chi connectivity index (χ4n) is 2.07. The first-order valence-electron chi connectivity index (χ1n) is 6.74. The zero-order valence-electron chi connectivity index (χ0n) is 11.7. The average molecular weight is 294 g/mol. The minimum Gasteiger partial charge on any atom is -0.387 e. The van der Waals surface area contributed by atoms with E-state index in [1.54, 1.807) is 12.3 Å². The number of hydrogen-bond acceptors (Lipinski definition) is 3. The van der Waals surface area contributed by atoms with Gasteiger partial charge < -0.3 is 10.4 Å². The lowest BCUT2D eigenvalue weighted by molar-refractivity contribution is 0.166. The van der Waals surface area contributed by atoms with E-state index in [0.717, 1.165) is 5.56 Å². The molecule has 2 N–H and O–H groups in total. The van der Waals surface area contributed by atoms with E-state index in [-0.39, 0.29) is 12.1 Å². The number of aliphatic hydroxyl groups is 1. The minimum atomic E-state index is -0.615. The van der Waals surface area contributed by atoms with E-state index in [9.17, 15) is 5.11 Å². The molecule has 1 aromatic carbocycles. The maximum atomic E-state index is 10.2. The summed E-state index contributed by atoms with van der Waals surface area (Å²) in [5.74, 6) is 0. The first-order valence-corrected chi connectivity index (χ1v) is 7.12. The van der Waals surface area contributed by atoms with Crippen LogP contribution >= 0.6 is 11.6 Å². The standard InChI is InChI=1S/C15H20ClN3O/c1-11(12(2)19-9-5-8-18-19)17-10-15(20)13-6-3-4-7-14(13)16/h3-9,11-12,15,17,20H,10H2,1-2H3/t11-,12+,15+/m0/s1. The molecule has 5 heteroatoms. The minimum absolute atomic E-state index is 0.187. The molecule has 3 atom stereocenters. The van der Waals surface area contributed by atoms with E-state index in [2.05, 4.69) is 24.3 Å². The Morgan fingerprint density at radius 1 is 1.30 bits per heavy atom. The highest BCUT2D eigenvalue weighted by atomic mass is 35.5. The molecule has 0 unspecified atom stereocenters. The molecular weight excluding hydrogens is 274 g/mol. The van der Waals surface area contributed by atoms with Crippen LogP contribution in [-0.4, -0.2) is 27.5 Å². The molecular formula is C15H20ClN3O. The molecule has 0 fully saturated rings. The number of aromatic nitrogens is 2. The molecule has 0 aliphatic carbocycles. The van der Waals surface area contributed by atoms with Gasteiger partial charge in [-0.1, -0.05) is 29.8 Å². The molecule has 0 radical (unpaired) electrons. The van der Waals surface area contributed by atoms with Crippen LogP contribution in [0, 0.1) is 0 Å². The summed E-state index contributed by atoms with van der Waals surface area (Å²) in [6, 6.07) is 9.67. The Morgan fingerprint density at radius 2 is 2.05 bits per heavy atom. The van der Waals surface area contributed by atoms with Crippen LogP contribution in [0.1, 0.15) is 31.6 Å². The van der Waals surface area contributed by atoms with Gasteiger partial charge >= 0.3 is 0 Å². The Morgan fingerprint density at radius 3 is 2.70 bits per heavy atom. The Bertz CT molecular complexity index is 530. The number of benzene rings is 1. The smallest absolute Gasteiger partial charge is 0.0928 e. The van der Waals surface area contributed by atoms with Crippen molar-refractivity contribution in [2.24, 2.45) is 0 Å². The van der Waals surface area contributed by atoms with Gasteiger partial charge in [0.1, 0.15) is 0 Å². The van der Waals surface area contributed by atoms with Crippen molar-refractivity contribution >= 4 is 11.6 Å². The van der Waals surface area contributed by atoms with E-state index < -0.39 is 6.10 Å². The molecule has 0 saturated carbocycles. The van der Waals surface area contributed by atoms with Crippen molar-refractivity contribution < 1.29 is 5.11 Å². The molecule has 0 saturated heterocycles. The number of nitrogens with one attached hydrogen (secondary N) is 1. The monoisotopic (exact) mass is 293 g/mol. The number of halogens is 1. The van der Waals surface area contributed by atoms with E-state index >= 15 is 0 Å². The summed E-state index contributed by atoms with van der Waals surface area (Å²) >= 11 is 6.08. The second kappa shape index (κ2) is 6.88. The quantitative estimate of drug-likeness (QED) is 0.861. The predicted octanol–water partition coefficient (Wildman–Crippen LogP) is 2.81. The van der Waals surface area contributed by atoms with Crippen molar-refractivity contribution in [1.29, 1.82) is 0 Å². The Kier molecular flexibility index (Phi) is 5.17. The van der Waals surface area contributed by atoms with Gasteiger partial charge in [-0.2, -0.15) is 5.10 Å². The maximum absolute atomic E-state index is 10.2. The van der Waals surface area contributed by atoms with Gasteiger partial charge in [-0.05, 0) is 26.0 Å². The van der Waals surface area contributed by atoms with E-state index in [4.69, 9.17) is 11.6 Å². The largest absolute Gasteiger partial charge is 0.387 e. The maximum Gasteiger partial charge on any atom is 0.0928 e. The van der Waals surface area contributed by atoms with Gasteiger partial charge in [-0.25, -0.2) is 0 Å². The third kappa shape index (κ3) is 3.60. The molecule has 0 amide bonds. The van der Waals surface area contributed by atoms with Crippen LogP contribution in [0.3, 0.4) is 0 Å². The molecule has 108 valence electrons. The zero-order valence-corrected chi connectivity index (χ0v) is 12.5. The van der Waals surface area contributed by atoms with E-state index in [1.165, 1.54) is 0 Å². The molecule has 20 heavy (non-hydrogen) atoms. The van der Waals surface area contributed by atoms with E-state index in [0.29, 0.717) is 11.6 Å². The summed E-state index contributed by atoms with van der Waals surface area (Å²) in [6.45, 7) is 4.62. The molecule has 2 aromatic rings. The number of nitrogens with zero attached hydrogens (tertiary/aromatic N) is 2. The normalized spacial score (nSPS) is 15.8. The van der Waals surface area contributed by atoms with Crippen LogP contribution in [0.15, 0.2) is 42.7 Å². The van der Waals surface area contributed by atoms with Crippen LogP contribution in [0.5, 0.6) is 0 Å². The Labute approximate surface area is 124 Å². The molecule has 0 spiro atoms. The number of aliphatic hydroxyl groups excluding tert-OH is 1. The Hall–Kier alpha value is -1.36. The first-order chi connectivity index (χ1) is 9.59. The highest BCUT2D eigenvalue weighted by Crippen LogP contribution is 2.22. The van der Waals surface area contributed by atoms with Gasteiger partial charge in [0.2, 0.25) is 0 Å². The SMILES string of the molecule is C[C@H](NC[C@@H](O)c1ccccc1Cl)[C@@H](C)n1cccn1. The van der Waals surface area contributed by atoms with Crippen LogP contribution in [0.4, 0.5) is 0 Å². The third-order valence-electron chi connectivity index (χ3n) is 3.56. The lowest BCUT2D eigenvalue weighted by Crippen LogP contribution is -2.36. The summed E-state index contributed by atoms with van der Waals surface area (Å²) in [4.78, 5) is 0. The molecule has 1 heterocycles. The van der Waals surface area contributed by atoms with Crippen LogP contribution in [0.2, 0.25) is 5.02 Å². The molecule has 4 nitrogen and oxygen atoms in total. The molecule has 0 aliphatic heterocycles. The van der Waals surface area contributed by atoms with Crippen molar-refractivity contribution in [3.05, 3.63) is 53.3 Å². The van der Waals surface area contributed by atoms with Gasteiger partial charge in [0, 0.05) is 35.6 Å². The molecule has 2 rings (SSSR count). The lowest BCUT2D eigenvalue weighted by atomic mass is 10.1. The van der Waals surface area contributed by atoms with E-state index in [1.807, 2.05) is 35.1 Å². The van der Waals surface area contributed by atoms with Crippen molar-refractivity contribution in [3.8, 4) is 0 Å². The third-order valence-corrected chi connectivity index (χ3v) is 3.91. The van der Waals surface area contributed by atoms with Crippen molar-refractivity contribution in [2.75, 3.05) is 6.54 Å². The van der Waals surface area contributed by atoms with Crippen molar-refractivity contribution in [3.63, 3.8) is 0 Å². The average Bonchev–Trinajstić information content (AvgIpc) is 2.98. The molecule has 0 bridgehead atoms. The summed E-state index contributed by atoms with van der Waals surface area (Å²) in [6.07, 6.45) is 3.09. The van der Waals surface area contributed by atoms with Crippen molar-refractivity contribution in [2.45, 2.75) is 32.0 Å². The Balaban J connectivity index is 1.90. The molecule has 1 aromatic heterocycles. The second-order valence-electron chi connectivity index (χ2n) is 4.96. The van der Waals surface area contributed by atoms with Crippen LogP contribution in [0.25, 0.3) is 0 Å². The first kappa shape index (κ1) is 15.0. The highest BCUT2D eigenvalue weighted by molar-refractivity contribution is 6.31. The summed E-state index contributed by atoms with van der Waals surface area (Å²) < 4.78 is 1.90.